The second-order valence-corrected chi connectivity index (χ2v) is 5.50. The van der Waals surface area contributed by atoms with E-state index in [9.17, 15) is 4.79 Å². The summed E-state index contributed by atoms with van der Waals surface area (Å²) in [5.74, 6) is -0.370. The van der Waals surface area contributed by atoms with Gasteiger partial charge in [0, 0.05) is 13.1 Å². The van der Waals surface area contributed by atoms with Gasteiger partial charge in [0.2, 0.25) is 5.76 Å². The first-order chi connectivity index (χ1) is 9.72. The van der Waals surface area contributed by atoms with Crippen LogP contribution in [0.15, 0.2) is 33.4 Å². The zero-order chi connectivity index (χ0) is 13.9. The van der Waals surface area contributed by atoms with Crippen LogP contribution in [0.3, 0.4) is 0 Å². The number of carboxylic acids is 1. The number of rotatable bonds is 4. The molecule has 0 aliphatic carbocycles. The second-order valence-electron chi connectivity index (χ2n) is 4.72. The van der Waals surface area contributed by atoms with E-state index in [0.29, 0.717) is 18.9 Å². The molecule has 1 aliphatic rings. The Bertz CT molecular complexity index is 578. The standard InChI is InChI=1S/C14H15NO4S/c16-14(17)12-2-1-11(19-12)7-15-4-5-18-13(8-15)10-3-6-20-9-10/h1-3,6,9,13H,4-5,7-8H2,(H,16,17). The number of nitrogens with zero attached hydrogens (tertiary/aromatic N) is 1. The smallest absolute Gasteiger partial charge is 0.371 e. The number of hydrogen-bond acceptors (Lipinski definition) is 5. The highest BCUT2D eigenvalue weighted by atomic mass is 32.1. The van der Waals surface area contributed by atoms with Crippen LogP contribution in [0, 0.1) is 0 Å². The van der Waals surface area contributed by atoms with Crippen LogP contribution in [-0.4, -0.2) is 35.7 Å². The van der Waals surface area contributed by atoms with Gasteiger partial charge in [0.05, 0.1) is 19.3 Å². The maximum absolute atomic E-state index is 10.8. The molecule has 1 atom stereocenters. The van der Waals surface area contributed by atoms with E-state index in [1.54, 1.807) is 17.4 Å². The Labute approximate surface area is 120 Å². The van der Waals surface area contributed by atoms with Crippen LogP contribution in [-0.2, 0) is 11.3 Å². The van der Waals surface area contributed by atoms with Crippen LogP contribution in [0.5, 0.6) is 0 Å². The molecular weight excluding hydrogens is 278 g/mol. The van der Waals surface area contributed by atoms with Crippen molar-refractivity contribution < 1.29 is 19.1 Å². The van der Waals surface area contributed by atoms with Crippen LogP contribution in [0.1, 0.15) is 28.0 Å². The van der Waals surface area contributed by atoms with Crippen molar-refractivity contribution in [2.24, 2.45) is 0 Å². The number of hydrogen-bond donors (Lipinski definition) is 1. The summed E-state index contributed by atoms with van der Waals surface area (Å²) in [6, 6.07) is 5.29. The first kappa shape index (κ1) is 13.4. The Morgan fingerprint density at radius 3 is 3.05 bits per heavy atom. The van der Waals surface area contributed by atoms with Gasteiger partial charge in [-0.25, -0.2) is 4.79 Å². The molecule has 1 N–H and O–H groups in total. The maximum Gasteiger partial charge on any atom is 0.371 e. The molecule has 1 aliphatic heterocycles. The van der Waals surface area contributed by atoms with Crippen molar-refractivity contribution >= 4 is 17.3 Å². The SMILES string of the molecule is O=C(O)c1ccc(CN2CCOC(c3ccsc3)C2)o1. The summed E-state index contributed by atoms with van der Waals surface area (Å²) in [5.41, 5.74) is 1.20. The molecule has 0 amide bonds. The number of carbonyl (C=O) groups is 1. The minimum Gasteiger partial charge on any atom is -0.475 e. The summed E-state index contributed by atoms with van der Waals surface area (Å²) >= 11 is 1.66. The lowest BCUT2D eigenvalue weighted by Crippen LogP contribution is -2.37. The molecule has 2 aromatic heterocycles. The number of thiophene rings is 1. The van der Waals surface area contributed by atoms with Crippen molar-refractivity contribution in [2.45, 2.75) is 12.6 Å². The van der Waals surface area contributed by atoms with E-state index in [1.165, 1.54) is 11.6 Å². The van der Waals surface area contributed by atoms with E-state index in [1.807, 2.05) is 5.38 Å². The molecule has 1 fully saturated rings. The number of carboxylic acid groups (broad SMARTS) is 1. The van der Waals surface area contributed by atoms with Crippen LogP contribution in [0.2, 0.25) is 0 Å². The third-order valence-corrected chi connectivity index (χ3v) is 4.02. The largest absolute Gasteiger partial charge is 0.475 e. The summed E-state index contributed by atoms with van der Waals surface area (Å²) in [5, 5.41) is 13.0. The van der Waals surface area contributed by atoms with Gasteiger partial charge in [0.1, 0.15) is 5.76 Å². The highest BCUT2D eigenvalue weighted by Crippen LogP contribution is 2.25. The molecule has 0 bridgehead atoms. The van der Waals surface area contributed by atoms with Gasteiger partial charge in [-0.05, 0) is 34.5 Å². The molecule has 0 spiro atoms. The Hall–Kier alpha value is -1.63. The summed E-state index contributed by atoms with van der Waals surface area (Å²) in [7, 11) is 0. The quantitative estimate of drug-likeness (QED) is 0.939. The predicted octanol–water partition coefficient (Wildman–Crippen LogP) is 2.61. The Morgan fingerprint density at radius 1 is 1.45 bits per heavy atom. The normalized spacial score (nSPS) is 20.1. The molecule has 2 aromatic rings. The van der Waals surface area contributed by atoms with E-state index in [0.717, 1.165) is 13.1 Å². The molecule has 20 heavy (non-hydrogen) atoms. The molecular formula is C14H15NO4S. The van der Waals surface area contributed by atoms with Crippen molar-refractivity contribution in [3.63, 3.8) is 0 Å². The lowest BCUT2D eigenvalue weighted by Gasteiger charge is -2.32. The summed E-state index contributed by atoms with van der Waals surface area (Å²) < 4.78 is 11.1. The van der Waals surface area contributed by atoms with Gasteiger partial charge in [0.15, 0.2) is 0 Å². The van der Waals surface area contributed by atoms with Crippen molar-refractivity contribution in [3.8, 4) is 0 Å². The molecule has 0 radical (unpaired) electrons. The summed E-state index contributed by atoms with van der Waals surface area (Å²) in [6.45, 7) is 2.90. The Kier molecular flexibility index (Phi) is 3.86. The molecule has 0 aromatic carbocycles. The van der Waals surface area contributed by atoms with Gasteiger partial charge < -0.3 is 14.3 Å². The highest BCUT2D eigenvalue weighted by molar-refractivity contribution is 7.07. The average Bonchev–Trinajstić information content (AvgIpc) is 3.10. The lowest BCUT2D eigenvalue weighted by molar-refractivity contribution is -0.0345. The number of morpholine rings is 1. The van der Waals surface area contributed by atoms with Crippen LogP contribution in [0.4, 0.5) is 0 Å². The van der Waals surface area contributed by atoms with Gasteiger partial charge >= 0.3 is 5.97 Å². The predicted molar refractivity (Wildman–Crippen MR) is 74.0 cm³/mol. The zero-order valence-electron chi connectivity index (χ0n) is 10.8. The van der Waals surface area contributed by atoms with E-state index in [2.05, 4.69) is 16.3 Å². The molecule has 106 valence electrons. The van der Waals surface area contributed by atoms with Crippen LogP contribution < -0.4 is 0 Å². The first-order valence-electron chi connectivity index (χ1n) is 6.40. The fourth-order valence-corrected chi connectivity index (χ4v) is 3.01. The molecule has 3 rings (SSSR count). The fourth-order valence-electron chi connectivity index (χ4n) is 2.30. The molecule has 3 heterocycles. The van der Waals surface area contributed by atoms with Gasteiger partial charge in [-0.3, -0.25) is 4.90 Å². The Morgan fingerprint density at radius 2 is 2.35 bits per heavy atom. The summed E-state index contributed by atoms with van der Waals surface area (Å²) in [4.78, 5) is 13.0. The minimum atomic E-state index is -1.03. The van der Waals surface area contributed by atoms with Crippen molar-refractivity contribution in [1.82, 2.24) is 4.90 Å². The molecule has 1 unspecified atom stereocenters. The Balaban J connectivity index is 1.63. The average molecular weight is 293 g/mol. The first-order valence-corrected chi connectivity index (χ1v) is 7.35. The highest BCUT2D eigenvalue weighted by Gasteiger charge is 2.23. The molecule has 1 saturated heterocycles. The lowest BCUT2D eigenvalue weighted by atomic mass is 10.1. The van der Waals surface area contributed by atoms with Crippen molar-refractivity contribution in [2.75, 3.05) is 19.7 Å². The van der Waals surface area contributed by atoms with Gasteiger partial charge in [-0.1, -0.05) is 0 Å². The molecule has 6 heteroatoms. The number of aromatic carboxylic acids is 1. The monoisotopic (exact) mass is 293 g/mol. The number of ether oxygens (including phenoxy) is 1. The second kappa shape index (κ2) is 5.78. The van der Waals surface area contributed by atoms with Crippen LogP contribution >= 0.6 is 11.3 Å². The number of furan rings is 1. The molecule has 0 saturated carbocycles. The topological polar surface area (TPSA) is 62.9 Å². The fraction of sp³-hybridized carbons (Fsp3) is 0.357. The van der Waals surface area contributed by atoms with E-state index in [-0.39, 0.29) is 11.9 Å². The van der Waals surface area contributed by atoms with Gasteiger partial charge in [-0.2, -0.15) is 11.3 Å². The van der Waals surface area contributed by atoms with Crippen molar-refractivity contribution in [1.29, 1.82) is 0 Å². The third kappa shape index (κ3) is 2.92. The molecule has 5 nitrogen and oxygen atoms in total. The summed E-state index contributed by atoms with van der Waals surface area (Å²) in [6.07, 6.45) is 0.0870. The maximum atomic E-state index is 10.8. The van der Waals surface area contributed by atoms with Gasteiger partial charge in [-0.15, -0.1) is 0 Å². The van der Waals surface area contributed by atoms with Crippen LogP contribution in [0.25, 0.3) is 0 Å². The minimum absolute atomic E-state index is 0.0114. The van der Waals surface area contributed by atoms with Crippen molar-refractivity contribution in [3.05, 3.63) is 46.0 Å². The zero-order valence-corrected chi connectivity index (χ0v) is 11.6. The van der Waals surface area contributed by atoms with E-state index >= 15 is 0 Å². The van der Waals surface area contributed by atoms with E-state index < -0.39 is 5.97 Å². The van der Waals surface area contributed by atoms with Gasteiger partial charge in [0.25, 0.3) is 0 Å². The van der Waals surface area contributed by atoms with E-state index in [4.69, 9.17) is 14.3 Å². The third-order valence-electron chi connectivity index (χ3n) is 3.32.